The minimum Gasteiger partial charge on any atom is -0.443 e. The van der Waals surface area contributed by atoms with Gasteiger partial charge in [-0.3, -0.25) is 14.7 Å². The van der Waals surface area contributed by atoms with Gasteiger partial charge in [-0.1, -0.05) is 0 Å². The number of sulfonamides is 1. The van der Waals surface area contributed by atoms with Crippen molar-refractivity contribution in [1.29, 1.82) is 0 Å². The first-order valence-corrected chi connectivity index (χ1v) is 17.0. The number of aliphatic imine (C=N–C) groups is 1. The Hall–Kier alpha value is -2.93. The minimum absolute atomic E-state index is 0.00180. The number of nitrogens with zero attached hydrogens (tertiary/aromatic N) is 3. The number of rotatable bonds is 7. The molecule has 1 aliphatic carbocycles. The number of anilines is 1. The molecule has 2 fully saturated rings. The smallest absolute Gasteiger partial charge is 0.414 e. The van der Waals surface area contributed by atoms with Crippen molar-refractivity contribution in [2.45, 2.75) is 103 Å². The lowest BCUT2D eigenvalue weighted by Crippen LogP contribution is -2.50. The number of amidine groups is 1. The molecule has 3 aliphatic rings. The first-order valence-electron chi connectivity index (χ1n) is 15.5. The Labute approximate surface area is 264 Å². The Morgan fingerprint density at radius 1 is 1.11 bits per heavy atom. The van der Waals surface area contributed by atoms with Gasteiger partial charge in [-0.15, -0.1) is 0 Å². The van der Waals surface area contributed by atoms with Gasteiger partial charge in [0.1, 0.15) is 17.0 Å². The Bertz CT molecular complexity index is 1430. The third-order valence-electron chi connectivity index (χ3n) is 9.02. The summed E-state index contributed by atoms with van der Waals surface area (Å²) in [6, 6.07) is 3.61. The molecule has 2 heterocycles. The highest BCUT2D eigenvalue weighted by Crippen LogP contribution is 2.38. The van der Waals surface area contributed by atoms with Crippen molar-refractivity contribution in [3.8, 4) is 0 Å². The Morgan fingerprint density at radius 2 is 1.69 bits per heavy atom. The number of hydrogen-bond donors (Lipinski definition) is 1. The number of halogens is 3. The van der Waals surface area contributed by atoms with Crippen molar-refractivity contribution < 1.29 is 35.9 Å². The van der Waals surface area contributed by atoms with Crippen LogP contribution in [0, 0.1) is 25.7 Å². The van der Waals surface area contributed by atoms with Crippen LogP contribution >= 0.6 is 0 Å². The van der Waals surface area contributed by atoms with Crippen LogP contribution in [-0.4, -0.2) is 68.0 Å². The van der Waals surface area contributed by atoms with E-state index < -0.39 is 39.9 Å². The summed E-state index contributed by atoms with van der Waals surface area (Å²) < 4.78 is 71.2. The number of alkyl halides is 3. The molecule has 1 saturated carbocycles. The van der Waals surface area contributed by atoms with Gasteiger partial charge in [0, 0.05) is 43.6 Å². The number of carbonyl (C=O) groups is 2. The topological polar surface area (TPSA) is 108 Å². The van der Waals surface area contributed by atoms with Crippen LogP contribution in [0.25, 0.3) is 6.08 Å². The van der Waals surface area contributed by atoms with Gasteiger partial charge >= 0.3 is 12.3 Å². The van der Waals surface area contributed by atoms with Gasteiger partial charge in [-0.25, -0.2) is 13.2 Å². The number of aryl methyl sites for hydroxylation is 2. The molecule has 13 heteroatoms. The molecule has 1 spiro atoms. The van der Waals surface area contributed by atoms with Crippen LogP contribution in [0.2, 0.25) is 0 Å². The lowest BCUT2D eigenvalue weighted by atomic mass is 9.79. The predicted octanol–water partition coefficient (Wildman–Crippen LogP) is 6.49. The van der Waals surface area contributed by atoms with Crippen molar-refractivity contribution in [2.75, 3.05) is 25.0 Å². The Balaban J connectivity index is 1.37. The van der Waals surface area contributed by atoms with Crippen LogP contribution in [0.1, 0.15) is 88.8 Å². The van der Waals surface area contributed by atoms with Gasteiger partial charge in [0.25, 0.3) is 5.91 Å². The second-order valence-electron chi connectivity index (χ2n) is 13.6. The van der Waals surface area contributed by atoms with E-state index in [2.05, 4.69) is 5.32 Å². The molecule has 9 nitrogen and oxygen atoms in total. The summed E-state index contributed by atoms with van der Waals surface area (Å²) in [4.78, 5) is 31.8. The SMILES string of the molecule is Cc1cc(N(C)C(=O)OC(C)(C)C)cc(C)c1/C=C/S(=O)(=O)N1CCC2(CC1)N=C(C1CCC(CCC(F)(F)F)CC1)NC2=O. The van der Waals surface area contributed by atoms with Crippen LogP contribution in [-0.2, 0) is 19.6 Å². The third kappa shape index (κ3) is 8.66. The normalized spacial score (nSPS) is 22.9. The molecule has 1 aromatic rings. The van der Waals surface area contributed by atoms with Gasteiger partial charge in [-0.05, 0) is 120 Å². The fourth-order valence-electron chi connectivity index (χ4n) is 6.36. The van der Waals surface area contributed by atoms with E-state index in [1.165, 1.54) is 14.6 Å². The Kier molecular flexibility index (Phi) is 10.1. The molecule has 2 amide bonds. The highest BCUT2D eigenvalue weighted by atomic mass is 32.2. The van der Waals surface area contributed by atoms with E-state index in [1.807, 2.05) is 13.8 Å². The fraction of sp³-hybridized carbons (Fsp3) is 0.656. The predicted molar refractivity (Wildman–Crippen MR) is 168 cm³/mol. The summed E-state index contributed by atoms with van der Waals surface area (Å²) in [5.41, 5.74) is 1.30. The van der Waals surface area contributed by atoms with Gasteiger partial charge in [-0.2, -0.15) is 17.5 Å². The van der Waals surface area contributed by atoms with E-state index in [9.17, 15) is 31.2 Å². The summed E-state index contributed by atoms with van der Waals surface area (Å²) in [6.45, 7) is 9.35. The Morgan fingerprint density at radius 3 is 2.22 bits per heavy atom. The van der Waals surface area contributed by atoms with Crippen molar-refractivity contribution in [2.24, 2.45) is 16.8 Å². The molecule has 250 valence electrons. The molecule has 1 aromatic carbocycles. The first kappa shape index (κ1) is 34.9. The second-order valence-corrected chi connectivity index (χ2v) is 15.5. The summed E-state index contributed by atoms with van der Waals surface area (Å²) in [7, 11) is -2.17. The average molecular weight is 655 g/mol. The van der Waals surface area contributed by atoms with E-state index in [0.717, 1.165) is 16.7 Å². The number of hydrogen-bond acceptors (Lipinski definition) is 6. The lowest BCUT2D eigenvalue weighted by Gasteiger charge is -2.34. The molecule has 45 heavy (non-hydrogen) atoms. The van der Waals surface area contributed by atoms with Gasteiger partial charge in [0.15, 0.2) is 0 Å². The molecule has 0 unspecified atom stereocenters. The van der Waals surface area contributed by atoms with Crippen molar-refractivity contribution >= 4 is 39.6 Å². The molecule has 0 atom stereocenters. The van der Waals surface area contributed by atoms with Crippen LogP contribution in [0.4, 0.5) is 23.7 Å². The molecule has 4 rings (SSSR count). The molecule has 1 saturated heterocycles. The van der Waals surface area contributed by atoms with Crippen LogP contribution in [0.5, 0.6) is 0 Å². The van der Waals surface area contributed by atoms with Crippen molar-refractivity contribution in [3.63, 3.8) is 0 Å². The highest BCUT2D eigenvalue weighted by Gasteiger charge is 2.48. The summed E-state index contributed by atoms with van der Waals surface area (Å²) in [5.74, 6) is 0.395. The quantitative estimate of drug-likeness (QED) is 0.362. The fourth-order valence-corrected chi connectivity index (χ4v) is 7.53. The third-order valence-corrected chi connectivity index (χ3v) is 10.6. The van der Waals surface area contributed by atoms with E-state index in [-0.39, 0.29) is 50.1 Å². The number of amides is 2. The van der Waals surface area contributed by atoms with Gasteiger partial charge in [0.2, 0.25) is 10.0 Å². The second kappa shape index (κ2) is 13.1. The van der Waals surface area contributed by atoms with Crippen molar-refractivity contribution in [1.82, 2.24) is 9.62 Å². The zero-order chi connectivity index (χ0) is 33.4. The number of ether oxygens (including phenoxy) is 1. The minimum atomic E-state index is -4.14. The van der Waals surface area contributed by atoms with Crippen LogP contribution in [0.3, 0.4) is 0 Å². The van der Waals surface area contributed by atoms with Crippen molar-refractivity contribution in [3.05, 3.63) is 34.2 Å². The number of piperidine rings is 1. The summed E-state index contributed by atoms with van der Waals surface area (Å²) in [6.07, 6.45) is -0.507. The zero-order valence-electron chi connectivity index (χ0n) is 27.0. The highest BCUT2D eigenvalue weighted by molar-refractivity contribution is 7.92. The molecule has 0 aromatic heterocycles. The number of benzene rings is 1. The van der Waals surface area contributed by atoms with Crippen LogP contribution in [0.15, 0.2) is 22.5 Å². The maximum Gasteiger partial charge on any atom is 0.414 e. The standard InChI is InChI=1S/C32H45F3N4O5S/c1-21-19-25(38(6)29(41)44-30(3,4)5)20-22(2)26(21)12-18-45(42,43)39-16-14-31(15-17-39)28(40)36-27(37-31)24-9-7-23(8-10-24)11-13-32(33,34)35/h12,18-20,23-24H,7-11,13-17H2,1-6H3,(H,36,37,40)/b18-12+. The maximum absolute atomic E-state index is 13.3. The monoisotopic (exact) mass is 654 g/mol. The van der Waals surface area contributed by atoms with Gasteiger partial charge in [0.05, 0.1) is 0 Å². The van der Waals surface area contributed by atoms with E-state index in [1.54, 1.807) is 46.0 Å². The molecule has 1 N–H and O–H groups in total. The lowest BCUT2D eigenvalue weighted by molar-refractivity contribution is -0.138. The van der Waals surface area contributed by atoms with E-state index in [0.29, 0.717) is 37.2 Å². The largest absolute Gasteiger partial charge is 0.443 e. The summed E-state index contributed by atoms with van der Waals surface area (Å²) >= 11 is 0. The van der Waals surface area contributed by atoms with E-state index in [4.69, 9.17) is 9.73 Å². The maximum atomic E-state index is 13.3. The number of nitrogens with one attached hydrogen (secondary N) is 1. The average Bonchev–Trinajstić information content (AvgIpc) is 3.25. The van der Waals surface area contributed by atoms with E-state index >= 15 is 0 Å². The molecule has 0 radical (unpaired) electrons. The molecule has 0 bridgehead atoms. The van der Waals surface area contributed by atoms with Crippen LogP contribution < -0.4 is 10.2 Å². The molecule has 2 aliphatic heterocycles. The molecular formula is C32H45F3N4O5S. The number of carbonyl (C=O) groups excluding carboxylic acids is 2. The molecular weight excluding hydrogens is 609 g/mol. The zero-order valence-corrected chi connectivity index (χ0v) is 27.8. The first-order chi connectivity index (χ1) is 20.8. The summed E-state index contributed by atoms with van der Waals surface area (Å²) in [5, 5.41) is 4.09. The van der Waals surface area contributed by atoms with Gasteiger partial charge < -0.3 is 10.1 Å².